The van der Waals surface area contributed by atoms with E-state index in [1.807, 2.05) is 37.3 Å². The minimum atomic E-state index is 0.0420. The maximum atomic E-state index is 11.8. The average Bonchev–Trinajstić information content (AvgIpc) is 2.25. The summed E-state index contributed by atoms with van der Waals surface area (Å²) in [4.78, 5) is 11.8. The van der Waals surface area contributed by atoms with E-state index in [2.05, 4.69) is 10.6 Å². The Kier molecular flexibility index (Phi) is 3.37. The summed E-state index contributed by atoms with van der Waals surface area (Å²) >= 11 is 0. The Labute approximate surface area is 95.6 Å². The molecule has 1 aliphatic heterocycles. The fourth-order valence-corrected chi connectivity index (χ4v) is 1.59. The molecule has 1 heterocycles. The second-order valence-electron chi connectivity index (χ2n) is 4.00. The van der Waals surface area contributed by atoms with E-state index in [1.165, 1.54) is 5.57 Å². The smallest absolute Gasteiger partial charge is 0.247 e. The Balaban J connectivity index is 1.89. The van der Waals surface area contributed by atoms with Crippen LogP contribution in [-0.2, 0) is 11.3 Å². The molecular weight excluding hydrogens is 200 g/mol. The van der Waals surface area contributed by atoms with E-state index in [-0.39, 0.29) is 5.91 Å². The minimum absolute atomic E-state index is 0.0420. The minimum Gasteiger partial charge on any atom is -0.348 e. The molecule has 2 rings (SSSR count). The average molecular weight is 216 g/mol. The molecule has 0 bridgehead atoms. The van der Waals surface area contributed by atoms with Crippen LogP contribution >= 0.6 is 0 Å². The Hall–Kier alpha value is -1.61. The number of nitrogens with one attached hydrogen (secondary N) is 2. The van der Waals surface area contributed by atoms with Crippen LogP contribution in [0.2, 0.25) is 0 Å². The monoisotopic (exact) mass is 216 g/mol. The van der Waals surface area contributed by atoms with Crippen LogP contribution in [0, 0.1) is 0 Å². The first-order chi connectivity index (χ1) is 7.77. The fourth-order valence-electron chi connectivity index (χ4n) is 1.59. The van der Waals surface area contributed by atoms with Crippen molar-refractivity contribution in [1.82, 2.24) is 10.6 Å². The van der Waals surface area contributed by atoms with Crippen molar-refractivity contribution in [3.63, 3.8) is 0 Å². The number of rotatable bonds is 3. The van der Waals surface area contributed by atoms with Crippen LogP contribution in [-0.4, -0.2) is 19.0 Å². The molecule has 3 heteroatoms. The van der Waals surface area contributed by atoms with Crippen molar-refractivity contribution in [1.29, 1.82) is 0 Å². The van der Waals surface area contributed by atoms with Crippen LogP contribution in [0.15, 0.2) is 41.5 Å². The number of hydrogen-bond donors (Lipinski definition) is 2. The van der Waals surface area contributed by atoms with Gasteiger partial charge in [-0.1, -0.05) is 30.3 Å². The zero-order chi connectivity index (χ0) is 11.4. The summed E-state index contributed by atoms with van der Waals surface area (Å²) in [5.74, 6) is 0.0420. The van der Waals surface area contributed by atoms with Gasteiger partial charge in [0.2, 0.25) is 5.91 Å². The van der Waals surface area contributed by atoms with Crippen LogP contribution in [0.4, 0.5) is 0 Å². The van der Waals surface area contributed by atoms with Crippen LogP contribution in [0.1, 0.15) is 12.5 Å². The molecule has 0 spiro atoms. The SMILES string of the molecule is CC(C(=O)NCc1ccccc1)=C1CNC1. The third kappa shape index (κ3) is 2.49. The molecule has 84 valence electrons. The molecule has 0 unspecified atom stereocenters. The zero-order valence-corrected chi connectivity index (χ0v) is 9.42. The van der Waals surface area contributed by atoms with Gasteiger partial charge in [-0.15, -0.1) is 0 Å². The van der Waals surface area contributed by atoms with Gasteiger partial charge in [0.25, 0.3) is 0 Å². The summed E-state index contributed by atoms with van der Waals surface area (Å²) in [6, 6.07) is 9.94. The predicted molar refractivity (Wildman–Crippen MR) is 63.9 cm³/mol. The van der Waals surface area contributed by atoms with E-state index in [9.17, 15) is 4.79 Å². The van der Waals surface area contributed by atoms with Crippen LogP contribution in [0.5, 0.6) is 0 Å². The normalized spacial score (nSPS) is 14.2. The summed E-state index contributed by atoms with van der Waals surface area (Å²) in [5, 5.41) is 6.06. The number of hydrogen-bond acceptors (Lipinski definition) is 2. The zero-order valence-electron chi connectivity index (χ0n) is 9.42. The van der Waals surface area contributed by atoms with Crippen molar-refractivity contribution >= 4 is 5.91 Å². The molecule has 0 radical (unpaired) electrons. The lowest BCUT2D eigenvalue weighted by Gasteiger charge is -2.21. The highest BCUT2D eigenvalue weighted by Crippen LogP contribution is 2.08. The molecule has 0 aliphatic carbocycles. The molecule has 0 atom stereocenters. The maximum absolute atomic E-state index is 11.8. The highest BCUT2D eigenvalue weighted by molar-refractivity contribution is 5.93. The molecule has 1 fully saturated rings. The molecule has 16 heavy (non-hydrogen) atoms. The predicted octanol–water partition coefficient (Wildman–Crippen LogP) is 1.22. The van der Waals surface area contributed by atoms with Crippen molar-refractivity contribution in [2.75, 3.05) is 13.1 Å². The van der Waals surface area contributed by atoms with Crippen LogP contribution < -0.4 is 10.6 Å². The van der Waals surface area contributed by atoms with E-state index in [4.69, 9.17) is 0 Å². The third-order valence-corrected chi connectivity index (χ3v) is 2.84. The first-order valence-corrected chi connectivity index (χ1v) is 5.49. The van der Waals surface area contributed by atoms with E-state index in [0.717, 1.165) is 24.2 Å². The molecule has 1 aromatic carbocycles. The summed E-state index contributed by atoms with van der Waals surface area (Å²) in [5.41, 5.74) is 3.20. The Morgan fingerprint density at radius 2 is 2.00 bits per heavy atom. The second kappa shape index (κ2) is 4.94. The molecule has 1 aromatic rings. The number of amides is 1. The Bertz CT molecular complexity index is 403. The Morgan fingerprint density at radius 1 is 1.31 bits per heavy atom. The van der Waals surface area contributed by atoms with Gasteiger partial charge in [-0.25, -0.2) is 0 Å². The third-order valence-electron chi connectivity index (χ3n) is 2.84. The molecule has 3 nitrogen and oxygen atoms in total. The lowest BCUT2D eigenvalue weighted by molar-refractivity contribution is -0.117. The largest absolute Gasteiger partial charge is 0.348 e. The molecule has 1 amide bonds. The van der Waals surface area contributed by atoms with Gasteiger partial charge in [0.1, 0.15) is 0 Å². The Morgan fingerprint density at radius 3 is 2.56 bits per heavy atom. The van der Waals surface area contributed by atoms with Gasteiger partial charge in [-0.3, -0.25) is 4.79 Å². The van der Waals surface area contributed by atoms with Crippen molar-refractivity contribution in [3.8, 4) is 0 Å². The van der Waals surface area contributed by atoms with Crippen LogP contribution in [0.25, 0.3) is 0 Å². The van der Waals surface area contributed by atoms with Crippen molar-refractivity contribution in [2.45, 2.75) is 13.5 Å². The summed E-state index contributed by atoms with van der Waals surface area (Å²) in [6.07, 6.45) is 0. The van der Waals surface area contributed by atoms with Gasteiger partial charge in [0, 0.05) is 25.2 Å². The first kappa shape index (κ1) is 10.9. The molecule has 1 saturated heterocycles. The summed E-state index contributed by atoms with van der Waals surface area (Å²) < 4.78 is 0. The van der Waals surface area contributed by atoms with Gasteiger partial charge in [-0.2, -0.15) is 0 Å². The van der Waals surface area contributed by atoms with E-state index in [0.29, 0.717) is 6.54 Å². The van der Waals surface area contributed by atoms with Crippen molar-refractivity contribution < 1.29 is 4.79 Å². The molecule has 0 aromatic heterocycles. The fraction of sp³-hybridized carbons (Fsp3) is 0.308. The van der Waals surface area contributed by atoms with Gasteiger partial charge in [-0.05, 0) is 18.1 Å². The molecule has 2 N–H and O–H groups in total. The lowest BCUT2D eigenvalue weighted by atomic mass is 10.0. The van der Waals surface area contributed by atoms with Gasteiger partial charge >= 0.3 is 0 Å². The van der Waals surface area contributed by atoms with Gasteiger partial charge < -0.3 is 10.6 Å². The molecule has 1 aliphatic rings. The van der Waals surface area contributed by atoms with Crippen molar-refractivity contribution in [2.24, 2.45) is 0 Å². The number of carbonyl (C=O) groups is 1. The van der Waals surface area contributed by atoms with E-state index in [1.54, 1.807) is 0 Å². The van der Waals surface area contributed by atoms with Gasteiger partial charge in [0.15, 0.2) is 0 Å². The number of benzene rings is 1. The topological polar surface area (TPSA) is 41.1 Å². The highest BCUT2D eigenvalue weighted by Gasteiger charge is 2.15. The second-order valence-corrected chi connectivity index (χ2v) is 4.00. The van der Waals surface area contributed by atoms with E-state index < -0.39 is 0 Å². The van der Waals surface area contributed by atoms with Crippen LogP contribution in [0.3, 0.4) is 0 Å². The number of carbonyl (C=O) groups excluding carboxylic acids is 1. The lowest BCUT2D eigenvalue weighted by Crippen LogP contribution is -2.37. The first-order valence-electron chi connectivity index (χ1n) is 5.49. The molecule has 0 saturated carbocycles. The van der Waals surface area contributed by atoms with E-state index >= 15 is 0 Å². The summed E-state index contributed by atoms with van der Waals surface area (Å²) in [7, 11) is 0. The quantitative estimate of drug-likeness (QED) is 0.746. The molecular formula is C13H16N2O. The van der Waals surface area contributed by atoms with Crippen molar-refractivity contribution in [3.05, 3.63) is 47.0 Å². The maximum Gasteiger partial charge on any atom is 0.247 e. The standard InChI is InChI=1S/C13H16N2O/c1-10(12-8-14-9-12)13(16)15-7-11-5-3-2-4-6-11/h2-6,14H,7-9H2,1H3,(H,15,16). The highest BCUT2D eigenvalue weighted by atomic mass is 16.1. The summed E-state index contributed by atoms with van der Waals surface area (Å²) in [6.45, 7) is 4.18. The van der Waals surface area contributed by atoms with Gasteiger partial charge in [0.05, 0.1) is 0 Å².